The van der Waals surface area contributed by atoms with Crippen molar-refractivity contribution in [3.05, 3.63) is 0 Å². The van der Waals surface area contributed by atoms with Crippen molar-refractivity contribution >= 4 is 23.9 Å². The molecule has 0 aromatic carbocycles. The molecule has 1 N–H and O–H groups in total. The van der Waals surface area contributed by atoms with Crippen LogP contribution in [0.15, 0.2) is 0 Å². The van der Waals surface area contributed by atoms with Gasteiger partial charge in [-0.3, -0.25) is 14.4 Å². The van der Waals surface area contributed by atoms with Gasteiger partial charge >= 0.3 is 23.9 Å². The highest BCUT2D eigenvalue weighted by Gasteiger charge is 2.60. The van der Waals surface area contributed by atoms with Crippen molar-refractivity contribution in [2.75, 3.05) is 6.61 Å². The molecule has 8 heteroatoms. The minimum absolute atomic E-state index is 0.0493. The molecule has 4 saturated carbocycles. The molecule has 0 aromatic heterocycles. The summed E-state index contributed by atoms with van der Waals surface area (Å²) in [6.45, 7) is 10.8. The fraction of sp³-hybridized carbons (Fsp3) is 0.867. The Hall–Kier alpha value is -2.12. The Kier molecular flexibility index (Phi) is 7.69. The van der Waals surface area contributed by atoms with Crippen molar-refractivity contribution < 1.29 is 38.5 Å². The number of cyclic esters (lactones) is 1. The van der Waals surface area contributed by atoms with E-state index in [2.05, 4.69) is 6.92 Å². The summed E-state index contributed by atoms with van der Waals surface area (Å²) >= 11 is 0. The lowest BCUT2D eigenvalue weighted by Crippen LogP contribution is -2.60. The monoisotopic (exact) mass is 534 g/mol. The van der Waals surface area contributed by atoms with Gasteiger partial charge in [0, 0.05) is 6.42 Å². The number of esters is 3. The molecular weight excluding hydrogens is 488 g/mol. The zero-order valence-electron chi connectivity index (χ0n) is 24.0. The van der Waals surface area contributed by atoms with E-state index in [9.17, 15) is 24.3 Å². The summed E-state index contributed by atoms with van der Waals surface area (Å²) < 4.78 is 17.1. The van der Waals surface area contributed by atoms with Crippen LogP contribution in [-0.2, 0) is 33.4 Å². The summed E-state index contributed by atoms with van der Waals surface area (Å²) in [5.41, 5.74) is -4.09. The van der Waals surface area contributed by atoms with Crippen LogP contribution in [-0.4, -0.2) is 47.3 Å². The standard InChI is InChI=1S/C30H46O8/c1-7-28(5,26(35)38-30(8-2)20-12-18-11-19(14-20)15-21(30)13-18)17-29(6,16-27(3,4)24(32)33)25(34)37-22-9-10-36-23(22)31/h18-22H,7-17H2,1-6H3,(H,32,33). The lowest BCUT2D eigenvalue weighted by molar-refractivity contribution is -0.221. The van der Waals surface area contributed by atoms with E-state index in [1.165, 1.54) is 6.42 Å². The van der Waals surface area contributed by atoms with Crippen LogP contribution in [0.4, 0.5) is 0 Å². The average molecular weight is 535 g/mol. The Morgan fingerprint density at radius 1 is 0.921 bits per heavy atom. The van der Waals surface area contributed by atoms with Crippen LogP contribution < -0.4 is 0 Å². The van der Waals surface area contributed by atoms with Crippen molar-refractivity contribution in [3.63, 3.8) is 0 Å². The van der Waals surface area contributed by atoms with E-state index in [1.54, 1.807) is 20.8 Å². The Morgan fingerprint density at radius 2 is 1.50 bits per heavy atom. The molecule has 5 rings (SSSR count). The van der Waals surface area contributed by atoms with Crippen molar-refractivity contribution in [1.29, 1.82) is 0 Å². The highest BCUT2D eigenvalue weighted by molar-refractivity contribution is 5.85. The Balaban J connectivity index is 1.59. The molecule has 0 aromatic rings. The van der Waals surface area contributed by atoms with Crippen molar-refractivity contribution in [2.45, 2.75) is 117 Å². The van der Waals surface area contributed by atoms with Crippen molar-refractivity contribution in [3.8, 4) is 0 Å². The van der Waals surface area contributed by atoms with Crippen LogP contribution in [0.3, 0.4) is 0 Å². The highest BCUT2D eigenvalue weighted by Crippen LogP contribution is 2.61. The number of carboxylic acids is 1. The third-order valence-electron chi connectivity index (χ3n) is 10.4. The number of ether oxygens (including phenoxy) is 3. The van der Waals surface area contributed by atoms with Crippen molar-refractivity contribution in [1.82, 2.24) is 0 Å². The van der Waals surface area contributed by atoms with Gasteiger partial charge in [0.15, 0.2) is 0 Å². The largest absolute Gasteiger partial charge is 0.481 e. The SMILES string of the molecule is CCC(C)(CC(C)(CC(C)(C)C(=O)O)C(=O)OC1CCOC1=O)C(=O)OC1(CC)C2CC3CC(C2)CC1C3. The maximum Gasteiger partial charge on any atom is 0.347 e. The molecule has 4 aliphatic carbocycles. The Morgan fingerprint density at radius 3 is 1.95 bits per heavy atom. The zero-order valence-corrected chi connectivity index (χ0v) is 24.0. The fourth-order valence-corrected chi connectivity index (χ4v) is 8.41. The van der Waals surface area contributed by atoms with E-state index in [1.807, 2.05) is 13.8 Å². The second kappa shape index (κ2) is 10.1. The minimum Gasteiger partial charge on any atom is -0.481 e. The molecule has 5 aliphatic rings. The maximum absolute atomic E-state index is 14.1. The van der Waals surface area contributed by atoms with Gasteiger partial charge in [0.05, 0.1) is 22.9 Å². The number of aliphatic carboxylic acids is 1. The van der Waals surface area contributed by atoms with Crippen molar-refractivity contribution in [2.24, 2.45) is 39.9 Å². The van der Waals surface area contributed by atoms with E-state index in [0.29, 0.717) is 18.3 Å². The second-order valence-corrected chi connectivity index (χ2v) is 13.9. The highest BCUT2D eigenvalue weighted by atomic mass is 16.6. The molecule has 0 radical (unpaired) electrons. The third-order valence-corrected chi connectivity index (χ3v) is 10.4. The van der Waals surface area contributed by atoms with E-state index < -0.39 is 45.9 Å². The molecule has 5 fully saturated rings. The summed E-state index contributed by atoms with van der Waals surface area (Å²) in [5, 5.41) is 9.86. The van der Waals surface area contributed by atoms with Gasteiger partial charge in [-0.25, -0.2) is 4.79 Å². The summed E-state index contributed by atoms with van der Waals surface area (Å²) in [5.74, 6) is -0.392. The van der Waals surface area contributed by atoms with Gasteiger partial charge in [0.1, 0.15) is 5.60 Å². The first-order chi connectivity index (χ1) is 17.7. The van der Waals surface area contributed by atoms with Crippen LogP contribution in [0.1, 0.15) is 106 Å². The van der Waals surface area contributed by atoms with Gasteiger partial charge in [-0.2, -0.15) is 0 Å². The number of hydrogen-bond donors (Lipinski definition) is 1. The van der Waals surface area contributed by atoms with Crippen LogP contribution in [0.5, 0.6) is 0 Å². The van der Waals surface area contributed by atoms with Gasteiger partial charge in [-0.05, 0) is 109 Å². The lowest BCUT2D eigenvalue weighted by atomic mass is 9.49. The zero-order chi connectivity index (χ0) is 28.1. The lowest BCUT2D eigenvalue weighted by Gasteiger charge is -2.60. The van der Waals surface area contributed by atoms with Gasteiger partial charge in [0.25, 0.3) is 0 Å². The second-order valence-electron chi connectivity index (χ2n) is 13.9. The number of rotatable bonds is 11. The molecule has 38 heavy (non-hydrogen) atoms. The van der Waals surface area contributed by atoms with Crippen LogP contribution in [0.2, 0.25) is 0 Å². The van der Waals surface area contributed by atoms with E-state index in [4.69, 9.17) is 14.2 Å². The predicted octanol–water partition coefficient (Wildman–Crippen LogP) is 5.31. The van der Waals surface area contributed by atoms with Gasteiger partial charge in [0.2, 0.25) is 6.10 Å². The van der Waals surface area contributed by atoms with Crippen LogP contribution in [0.25, 0.3) is 0 Å². The molecule has 8 nitrogen and oxygen atoms in total. The number of carbonyl (C=O) groups excluding carboxylic acids is 3. The smallest absolute Gasteiger partial charge is 0.347 e. The molecule has 4 bridgehead atoms. The summed E-state index contributed by atoms with van der Waals surface area (Å²) in [7, 11) is 0. The summed E-state index contributed by atoms with van der Waals surface area (Å²) in [4.78, 5) is 51.8. The molecule has 1 saturated heterocycles. The fourth-order valence-electron chi connectivity index (χ4n) is 8.41. The molecule has 0 spiro atoms. The number of carbonyl (C=O) groups is 4. The Bertz CT molecular complexity index is 941. The van der Waals surface area contributed by atoms with Gasteiger partial charge in [-0.1, -0.05) is 13.8 Å². The molecule has 3 unspecified atom stereocenters. The van der Waals surface area contributed by atoms with E-state index in [0.717, 1.165) is 43.9 Å². The van der Waals surface area contributed by atoms with Gasteiger partial charge < -0.3 is 19.3 Å². The molecular formula is C30H46O8. The van der Waals surface area contributed by atoms with E-state index >= 15 is 0 Å². The number of carboxylic acid groups (broad SMARTS) is 1. The quantitative estimate of drug-likeness (QED) is 0.280. The molecule has 1 heterocycles. The minimum atomic E-state index is -1.34. The average Bonchev–Trinajstić information content (AvgIpc) is 3.24. The first-order valence-corrected chi connectivity index (χ1v) is 14.5. The molecule has 214 valence electrons. The predicted molar refractivity (Wildman–Crippen MR) is 139 cm³/mol. The molecule has 3 atom stereocenters. The Labute approximate surface area is 226 Å². The first-order valence-electron chi connectivity index (χ1n) is 14.5. The normalized spacial score (nSPS) is 35.2. The first kappa shape index (κ1) is 28.9. The topological polar surface area (TPSA) is 116 Å². The molecule has 1 aliphatic heterocycles. The summed E-state index contributed by atoms with van der Waals surface area (Å²) in [6, 6.07) is 0. The summed E-state index contributed by atoms with van der Waals surface area (Å²) in [6.07, 6.45) is 6.25. The number of hydrogen-bond acceptors (Lipinski definition) is 7. The van der Waals surface area contributed by atoms with Crippen LogP contribution >= 0.6 is 0 Å². The van der Waals surface area contributed by atoms with E-state index in [-0.39, 0.29) is 31.8 Å². The van der Waals surface area contributed by atoms with Gasteiger partial charge in [-0.15, -0.1) is 0 Å². The van der Waals surface area contributed by atoms with Crippen LogP contribution in [0, 0.1) is 39.9 Å². The molecule has 0 amide bonds. The third kappa shape index (κ3) is 5.08. The maximum atomic E-state index is 14.1.